The average Bonchev–Trinajstić information content (AvgIpc) is 2.82. The third kappa shape index (κ3) is 3.05. The molecule has 4 rings (SSSR count). The van der Waals surface area contributed by atoms with Gasteiger partial charge in [0.05, 0.1) is 14.7 Å². The average molecular weight is 394 g/mol. The van der Waals surface area contributed by atoms with Gasteiger partial charge in [-0.25, -0.2) is 16.8 Å². The van der Waals surface area contributed by atoms with Gasteiger partial charge in [0.25, 0.3) is 0 Å². The van der Waals surface area contributed by atoms with Gasteiger partial charge in [-0.15, -0.1) is 0 Å². The molecule has 0 radical (unpaired) electrons. The summed E-state index contributed by atoms with van der Waals surface area (Å²) < 4.78 is 59.2. The van der Waals surface area contributed by atoms with Crippen LogP contribution in [-0.2, 0) is 20.0 Å². The minimum absolute atomic E-state index is 0. The number of hydrogen-bond donors (Lipinski definition) is 0. The van der Waals surface area contributed by atoms with E-state index in [-0.39, 0.29) is 44.9 Å². The Bertz CT molecular complexity index is 1220. The second-order valence-corrected chi connectivity index (χ2v) is 8.96. The van der Waals surface area contributed by atoms with Gasteiger partial charge in [-0.3, -0.25) is 0 Å². The first-order valence-electron chi connectivity index (χ1n) is 7.33. The Hall–Kier alpha value is -1.48. The van der Waals surface area contributed by atoms with E-state index in [0.717, 1.165) is 23.3 Å². The standard InChI is InChI=1S/C18H12O5S2.Na/c19-24(20)17-8-6-13(12-4-2-1-3-5-12)10-15(17)16-11-14(25(21,22)23)7-9-18(16)24;/h1-11H,(H,21,22,23);/q;+1/p-1. The van der Waals surface area contributed by atoms with Crippen molar-refractivity contribution in [3.63, 3.8) is 0 Å². The van der Waals surface area contributed by atoms with Crippen LogP contribution in [0.1, 0.15) is 0 Å². The van der Waals surface area contributed by atoms with Crippen molar-refractivity contribution in [2.45, 2.75) is 14.7 Å². The first kappa shape index (κ1) is 19.3. The zero-order valence-electron chi connectivity index (χ0n) is 13.7. The summed E-state index contributed by atoms with van der Waals surface area (Å²) in [6.45, 7) is 0. The van der Waals surface area contributed by atoms with Gasteiger partial charge < -0.3 is 4.55 Å². The van der Waals surface area contributed by atoms with Crippen LogP contribution in [0.4, 0.5) is 0 Å². The molecule has 1 aliphatic rings. The van der Waals surface area contributed by atoms with Gasteiger partial charge in [-0.2, -0.15) is 0 Å². The van der Waals surface area contributed by atoms with E-state index in [4.69, 9.17) is 0 Å². The van der Waals surface area contributed by atoms with Crippen LogP contribution in [-0.4, -0.2) is 21.4 Å². The van der Waals surface area contributed by atoms with Crippen molar-refractivity contribution in [2.24, 2.45) is 0 Å². The van der Waals surface area contributed by atoms with Crippen LogP contribution in [0.15, 0.2) is 81.4 Å². The maximum absolute atomic E-state index is 12.7. The van der Waals surface area contributed by atoms with E-state index >= 15 is 0 Å². The molecule has 1 heterocycles. The summed E-state index contributed by atoms with van der Waals surface area (Å²) in [5, 5.41) is 0. The minimum atomic E-state index is -4.67. The van der Waals surface area contributed by atoms with E-state index in [1.165, 1.54) is 12.1 Å². The summed E-state index contributed by atoms with van der Waals surface area (Å²) in [5.74, 6) is 0. The molecule has 0 saturated heterocycles. The zero-order valence-corrected chi connectivity index (χ0v) is 17.3. The second kappa shape index (κ2) is 6.60. The molecular weight excluding hydrogens is 383 g/mol. The molecule has 1 aliphatic heterocycles. The molecule has 0 spiro atoms. The Morgan fingerprint density at radius 2 is 1.31 bits per heavy atom. The summed E-state index contributed by atoms with van der Waals surface area (Å²) in [6, 6.07) is 17.7. The molecule has 8 heteroatoms. The quantitative estimate of drug-likeness (QED) is 0.355. The van der Waals surface area contributed by atoms with Crippen LogP contribution in [0.2, 0.25) is 0 Å². The number of fused-ring (bicyclic) bond motifs is 3. The first-order chi connectivity index (χ1) is 11.8. The van der Waals surface area contributed by atoms with Gasteiger partial charge in [0.2, 0.25) is 9.84 Å². The number of rotatable bonds is 2. The Kier molecular flexibility index (Phi) is 4.89. The molecule has 0 aliphatic carbocycles. The maximum atomic E-state index is 12.7. The van der Waals surface area contributed by atoms with E-state index in [9.17, 15) is 21.4 Å². The molecule has 0 N–H and O–H groups in total. The van der Waals surface area contributed by atoms with E-state index in [1.807, 2.05) is 30.3 Å². The molecule has 0 unspecified atom stereocenters. The molecule has 0 bridgehead atoms. The van der Waals surface area contributed by atoms with Gasteiger partial charge in [-0.05, 0) is 41.5 Å². The fraction of sp³-hybridized carbons (Fsp3) is 0. The molecule has 0 saturated carbocycles. The van der Waals surface area contributed by atoms with Gasteiger partial charge in [-0.1, -0.05) is 36.4 Å². The van der Waals surface area contributed by atoms with Crippen molar-refractivity contribution >= 4 is 20.0 Å². The molecule has 0 aromatic heterocycles. The topological polar surface area (TPSA) is 91.3 Å². The van der Waals surface area contributed by atoms with Crippen molar-refractivity contribution in [3.05, 3.63) is 66.7 Å². The van der Waals surface area contributed by atoms with Crippen LogP contribution >= 0.6 is 0 Å². The summed E-state index contributed by atoms with van der Waals surface area (Å²) in [5.41, 5.74) is 2.35. The molecule has 3 aromatic carbocycles. The normalized spacial score (nSPS) is 14.2. The zero-order chi connectivity index (χ0) is 17.8. The van der Waals surface area contributed by atoms with Crippen LogP contribution in [0.3, 0.4) is 0 Å². The smallest absolute Gasteiger partial charge is 0.744 e. The molecular formula is C18H11NaO5S2. The Labute approximate surface area is 173 Å². The third-order valence-electron chi connectivity index (χ3n) is 4.20. The Morgan fingerprint density at radius 3 is 1.92 bits per heavy atom. The summed E-state index contributed by atoms with van der Waals surface area (Å²) in [6.07, 6.45) is 0. The molecule has 0 atom stereocenters. The predicted molar refractivity (Wildman–Crippen MR) is 90.7 cm³/mol. The van der Waals surface area contributed by atoms with Crippen LogP contribution < -0.4 is 29.6 Å². The fourth-order valence-electron chi connectivity index (χ4n) is 3.01. The molecule has 26 heavy (non-hydrogen) atoms. The van der Waals surface area contributed by atoms with Crippen LogP contribution in [0.25, 0.3) is 22.3 Å². The van der Waals surface area contributed by atoms with Gasteiger partial charge in [0, 0.05) is 11.1 Å². The van der Waals surface area contributed by atoms with E-state index in [1.54, 1.807) is 12.1 Å². The SMILES string of the molecule is O=S(=O)([O-])c1ccc2c(c1)-c1cc(-c3ccccc3)ccc1S2(=O)=O.[Na+]. The molecule has 0 fully saturated rings. The fourth-order valence-corrected chi connectivity index (χ4v) is 5.16. The van der Waals surface area contributed by atoms with E-state index < -0.39 is 24.9 Å². The van der Waals surface area contributed by atoms with Gasteiger partial charge in [0.15, 0.2) is 0 Å². The predicted octanol–water partition coefficient (Wildman–Crippen LogP) is 0.0749. The third-order valence-corrected chi connectivity index (χ3v) is 6.90. The van der Waals surface area contributed by atoms with Crippen molar-refractivity contribution < 1.29 is 50.9 Å². The summed E-state index contributed by atoms with van der Waals surface area (Å²) >= 11 is 0. The summed E-state index contributed by atoms with van der Waals surface area (Å²) in [7, 11) is -8.39. The number of benzene rings is 3. The van der Waals surface area contributed by atoms with Gasteiger partial charge >= 0.3 is 29.6 Å². The molecule has 5 nitrogen and oxygen atoms in total. The van der Waals surface area contributed by atoms with Gasteiger partial charge in [0.1, 0.15) is 10.1 Å². The van der Waals surface area contributed by atoms with Crippen LogP contribution in [0.5, 0.6) is 0 Å². The molecule has 3 aromatic rings. The minimum Gasteiger partial charge on any atom is -0.744 e. The van der Waals surface area contributed by atoms with Crippen molar-refractivity contribution in [1.82, 2.24) is 0 Å². The summed E-state index contributed by atoms with van der Waals surface area (Å²) in [4.78, 5) is -0.317. The second-order valence-electron chi connectivity index (χ2n) is 5.69. The first-order valence-corrected chi connectivity index (χ1v) is 10.2. The Balaban J connectivity index is 0.00000196. The maximum Gasteiger partial charge on any atom is 1.00 e. The van der Waals surface area contributed by atoms with E-state index in [0.29, 0.717) is 5.56 Å². The number of hydrogen-bond acceptors (Lipinski definition) is 5. The van der Waals surface area contributed by atoms with Crippen LogP contribution in [0, 0.1) is 0 Å². The largest absolute Gasteiger partial charge is 1.00 e. The molecule has 0 amide bonds. The van der Waals surface area contributed by atoms with Crippen molar-refractivity contribution in [1.29, 1.82) is 0 Å². The number of sulfone groups is 1. The Morgan fingerprint density at radius 1 is 0.731 bits per heavy atom. The van der Waals surface area contributed by atoms with E-state index in [2.05, 4.69) is 0 Å². The molecule has 126 valence electrons. The van der Waals surface area contributed by atoms with Crippen molar-refractivity contribution in [2.75, 3.05) is 0 Å². The van der Waals surface area contributed by atoms with Crippen molar-refractivity contribution in [3.8, 4) is 22.3 Å². The monoisotopic (exact) mass is 394 g/mol.